The SMILES string of the molecule is Cc1c(Cl)cccc1NS(=O)(=O)c1cc(S(=O)(=O)Nc2cccc(Cl)c2C)c2ccccc2c1. The van der Waals surface area contributed by atoms with E-state index in [1.54, 1.807) is 74.5 Å². The second-order valence-electron chi connectivity index (χ2n) is 7.68. The number of sulfonamides is 2. The molecule has 2 N–H and O–H groups in total. The summed E-state index contributed by atoms with van der Waals surface area (Å²) in [4.78, 5) is -0.373. The van der Waals surface area contributed by atoms with Crippen molar-refractivity contribution in [1.29, 1.82) is 0 Å². The predicted molar refractivity (Wildman–Crippen MR) is 138 cm³/mol. The van der Waals surface area contributed by atoms with Crippen LogP contribution in [0.4, 0.5) is 11.4 Å². The van der Waals surface area contributed by atoms with E-state index in [0.717, 1.165) is 6.07 Å². The molecule has 4 aromatic rings. The van der Waals surface area contributed by atoms with Crippen LogP contribution in [0.3, 0.4) is 0 Å². The molecule has 4 rings (SSSR count). The van der Waals surface area contributed by atoms with Crippen LogP contribution in [0, 0.1) is 13.8 Å². The van der Waals surface area contributed by atoms with E-state index in [1.165, 1.54) is 6.07 Å². The molecule has 0 bridgehead atoms. The van der Waals surface area contributed by atoms with Crippen LogP contribution in [0.5, 0.6) is 0 Å². The van der Waals surface area contributed by atoms with Crippen molar-refractivity contribution in [2.24, 2.45) is 0 Å². The Bertz CT molecular complexity index is 1640. The van der Waals surface area contributed by atoms with Gasteiger partial charge in [-0.25, -0.2) is 16.8 Å². The van der Waals surface area contributed by atoms with E-state index in [-0.39, 0.29) is 9.79 Å². The molecule has 0 spiro atoms. The molecule has 0 amide bonds. The Hall–Kier alpha value is -2.78. The number of rotatable bonds is 6. The van der Waals surface area contributed by atoms with Crippen molar-refractivity contribution in [2.45, 2.75) is 23.6 Å². The van der Waals surface area contributed by atoms with Crippen molar-refractivity contribution in [2.75, 3.05) is 9.44 Å². The molecule has 0 fully saturated rings. The molecule has 0 unspecified atom stereocenters. The van der Waals surface area contributed by atoms with Gasteiger partial charge in [0, 0.05) is 15.4 Å². The lowest BCUT2D eigenvalue weighted by Gasteiger charge is -2.16. The summed E-state index contributed by atoms with van der Waals surface area (Å²) in [6.07, 6.45) is 0. The normalized spacial score (nSPS) is 12.0. The van der Waals surface area contributed by atoms with Gasteiger partial charge in [-0.2, -0.15) is 0 Å². The van der Waals surface area contributed by atoms with Crippen molar-refractivity contribution in [3.8, 4) is 0 Å². The third-order valence-corrected chi connectivity index (χ3v) is 8.99. The van der Waals surface area contributed by atoms with Crippen molar-refractivity contribution >= 4 is 65.4 Å². The van der Waals surface area contributed by atoms with Crippen molar-refractivity contribution in [1.82, 2.24) is 0 Å². The zero-order valence-electron chi connectivity index (χ0n) is 18.1. The Morgan fingerprint density at radius 1 is 0.647 bits per heavy atom. The first kappa shape index (κ1) is 24.3. The largest absolute Gasteiger partial charge is 0.279 e. The van der Waals surface area contributed by atoms with Crippen LogP contribution in [0.25, 0.3) is 10.8 Å². The maximum Gasteiger partial charge on any atom is 0.262 e. The average molecular weight is 535 g/mol. The van der Waals surface area contributed by atoms with Gasteiger partial charge >= 0.3 is 0 Å². The number of anilines is 2. The van der Waals surface area contributed by atoms with Gasteiger partial charge < -0.3 is 0 Å². The molecule has 0 aliphatic heterocycles. The predicted octanol–water partition coefficient (Wildman–Crippen LogP) is 6.37. The number of halogens is 2. The van der Waals surface area contributed by atoms with E-state index in [1.807, 2.05) is 0 Å². The van der Waals surface area contributed by atoms with Gasteiger partial charge in [-0.1, -0.05) is 59.6 Å². The standard InChI is InChI=1S/C24H20Cl2N2O4S2/c1-15-20(25)9-5-11-22(15)27-33(29,30)18-13-17-7-3-4-8-19(17)24(14-18)34(31,32)28-23-12-6-10-21(26)16(23)2/h3-14,27-28H,1-2H3. The van der Waals surface area contributed by atoms with Crippen LogP contribution in [0.1, 0.15) is 11.1 Å². The minimum atomic E-state index is -4.17. The van der Waals surface area contributed by atoms with Gasteiger partial charge in [0.05, 0.1) is 21.2 Å². The van der Waals surface area contributed by atoms with E-state index in [2.05, 4.69) is 9.44 Å². The minimum Gasteiger partial charge on any atom is -0.279 e. The van der Waals surface area contributed by atoms with E-state index >= 15 is 0 Å². The topological polar surface area (TPSA) is 92.3 Å². The zero-order valence-corrected chi connectivity index (χ0v) is 21.3. The lowest BCUT2D eigenvalue weighted by molar-refractivity contribution is 0.600. The van der Waals surface area contributed by atoms with Crippen LogP contribution in [-0.4, -0.2) is 16.8 Å². The monoisotopic (exact) mass is 534 g/mol. The minimum absolute atomic E-state index is 0.173. The van der Waals surface area contributed by atoms with Gasteiger partial charge in [0.15, 0.2) is 0 Å². The van der Waals surface area contributed by atoms with Gasteiger partial charge in [0.25, 0.3) is 20.0 Å². The Labute approximate surface area is 208 Å². The molecule has 0 heterocycles. The number of fused-ring (bicyclic) bond motifs is 1. The quantitative estimate of drug-likeness (QED) is 0.300. The van der Waals surface area contributed by atoms with Gasteiger partial charge in [0.2, 0.25) is 0 Å². The number of hydrogen-bond acceptors (Lipinski definition) is 4. The summed E-state index contributed by atoms with van der Waals surface area (Å²) >= 11 is 12.3. The Balaban J connectivity index is 1.85. The molecule has 4 aromatic carbocycles. The van der Waals surface area contributed by atoms with Crippen LogP contribution < -0.4 is 9.44 Å². The van der Waals surface area contributed by atoms with Crippen LogP contribution >= 0.6 is 23.2 Å². The Morgan fingerprint density at radius 3 is 1.76 bits per heavy atom. The summed E-state index contributed by atoms with van der Waals surface area (Å²) in [5.41, 5.74) is 1.72. The van der Waals surface area contributed by atoms with Gasteiger partial charge in [-0.3, -0.25) is 9.44 Å². The fourth-order valence-electron chi connectivity index (χ4n) is 3.47. The molecule has 0 radical (unpaired) electrons. The first-order valence-corrected chi connectivity index (χ1v) is 13.8. The summed E-state index contributed by atoms with van der Waals surface area (Å²) in [6, 6.07) is 19.0. The fraction of sp³-hybridized carbons (Fsp3) is 0.0833. The van der Waals surface area contributed by atoms with E-state index < -0.39 is 20.0 Å². The second kappa shape index (κ2) is 9.11. The van der Waals surface area contributed by atoms with Crippen molar-refractivity contribution < 1.29 is 16.8 Å². The number of benzene rings is 4. The van der Waals surface area contributed by atoms with E-state index in [0.29, 0.717) is 43.3 Å². The van der Waals surface area contributed by atoms with E-state index in [4.69, 9.17) is 23.2 Å². The molecule has 176 valence electrons. The summed E-state index contributed by atoms with van der Waals surface area (Å²) in [6.45, 7) is 3.38. The average Bonchev–Trinajstić information content (AvgIpc) is 2.79. The molecule has 0 saturated heterocycles. The molecule has 0 atom stereocenters. The van der Waals surface area contributed by atoms with Crippen LogP contribution in [0.2, 0.25) is 10.0 Å². The molecule has 0 aliphatic carbocycles. The number of nitrogens with one attached hydrogen (secondary N) is 2. The Morgan fingerprint density at radius 2 is 1.18 bits per heavy atom. The highest BCUT2D eigenvalue weighted by molar-refractivity contribution is 7.93. The molecule has 10 heteroatoms. The van der Waals surface area contributed by atoms with Gasteiger partial charge in [-0.05, 0) is 66.8 Å². The molecule has 0 aromatic heterocycles. The number of hydrogen-bond donors (Lipinski definition) is 2. The highest BCUT2D eigenvalue weighted by Gasteiger charge is 2.24. The molecular formula is C24H20Cl2N2O4S2. The Kier molecular flexibility index (Phi) is 6.52. The first-order valence-electron chi connectivity index (χ1n) is 10.1. The smallest absolute Gasteiger partial charge is 0.262 e. The summed E-state index contributed by atoms with van der Waals surface area (Å²) in [5, 5.41) is 1.65. The first-order chi connectivity index (χ1) is 16.0. The summed E-state index contributed by atoms with van der Waals surface area (Å²) in [7, 11) is -8.31. The highest BCUT2D eigenvalue weighted by Crippen LogP contribution is 2.32. The summed E-state index contributed by atoms with van der Waals surface area (Å²) < 4.78 is 58.4. The van der Waals surface area contributed by atoms with Crippen molar-refractivity contribution in [3.05, 3.63) is 94.0 Å². The lowest BCUT2D eigenvalue weighted by atomic mass is 10.1. The molecule has 0 saturated carbocycles. The van der Waals surface area contributed by atoms with Crippen molar-refractivity contribution in [3.63, 3.8) is 0 Å². The maximum absolute atomic E-state index is 13.4. The van der Waals surface area contributed by atoms with Gasteiger partial charge in [0.1, 0.15) is 0 Å². The molecular weight excluding hydrogens is 515 g/mol. The third-order valence-electron chi connectivity index (χ3n) is 5.42. The zero-order chi connectivity index (χ0) is 24.7. The van der Waals surface area contributed by atoms with Gasteiger partial charge in [-0.15, -0.1) is 0 Å². The molecule has 6 nitrogen and oxygen atoms in total. The lowest BCUT2D eigenvalue weighted by Crippen LogP contribution is -2.17. The molecule has 0 aliphatic rings. The van der Waals surface area contributed by atoms with Crippen LogP contribution in [0.15, 0.2) is 82.6 Å². The van der Waals surface area contributed by atoms with E-state index in [9.17, 15) is 16.8 Å². The molecule has 34 heavy (non-hydrogen) atoms. The van der Waals surface area contributed by atoms with Crippen LogP contribution in [-0.2, 0) is 20.0 Å². The highest BCUT2D eigenvalue weighted by atomic mass is 35.5. The third kappa shape index (κ3) is 4.72. The fourth-order valence-corrected chi connectivity index (χ4v) is 6.45. The maximum atomic E-state index is 13.4. The second-order valence-corrected chi connectivity index (χ2v) is 11.8. The summed E-state index contributed by atoms with van der Waals surface area (Å²) in [5.74, 6) is 0.